The van der Waals surface area contributed by atoms with Crippen LogP contribution in [0.2, 0.25) is 0 Å². The van der Waals surface area contributed by atoms with E-state index in [9.17, 15) is 4.79 Å². The number of H-pyrrole nitrogens is 2. The number of aromatic amines is 2. The first-order valence-electron chi connectivity index (χ1n) is 7.28. The first kappa shape index (κ1) is 14.0. The lowest BCUT2D eigenvalue weighted by Crippen LogP contribution is -2.01. The molecule has 0 aliphatic heterocycles. The molecule has 0 fully saturated rings. The van der Waals surface area contributed by atoms with Crippen molar-refractivity contribution >= 4 is 5.78 Å². The van der Waals surface area contributed by atoms with E-state index in [1.54, 1.807) is 24.3 Å². The summed E-state index contributed by atoms with van der Waals surface area (Å²) in [6.07, 6.45) is 3.04. The van der Waals surface area contributed by atoms with Crippen molar-refractivity contribution in [1.82, 2.24) is 30.4 Å². The maximum Gasteiger partial charge on any atom is 0.193 e. The van der Waals surface area contributed by atoms with Gasteiger partial charge >= 0.3 is 0 Å². The first-order chi connectivity index (χ1) is 11.8. The van der Waals surface area contributed by atoms with E-state index < -0.39 is 0 Å². The summed E-state index contributed by atoms with van der Waals surface area (Å²) >= 11 is 0. The average molecular weight is 316 g/mol. The molecule has 4 aromatic rings. The zero-order valence-corrected chi connectivity index (χ0v) is 12.5. The van der Waals surface area contributed by atoms with Crippen LogP contribution in [-0.4, -0.2) is 36.1 Å². The predicted molar refractivity (Wildman–Crippen MR) is 87.1 cm³/mol. The number of hydrogen-bond acceptors (Lipinski definition) is 5. The van der Waals surface area contributed by atoms with Crippen LogP contribution in [0.4, 0.5) is 0 Å². The highest BCUT2D eigenvalue weighted by Gasteiger charge is 2.11. The van der Waals surface area contributed by atoms with Gasteiger partial charge in [-0.1, -0.05) is 48.5 Å². The molecule has 0 unspecified atom stereocenters. The topological polar surface area (TPSA) is 100 Å². The number of nitrogens with one attached hydrogen (secondary N) is 2. The molecule has 0 atom stereocenters. The molecule has 0 saturated carbocycles. The molecule has 2 heterocycles. The molecule has 0 saturated heterocycles. The molecule has 2 aromatic carbocycles. The third-order valence-electron chi connectivity index (χ3n) is 3.64. The Kier molecular flexibility index (Phi) is 3.43. The second-order valence-electron chi connectivity index (χ2n) is 5.13. The lowest BCUT2D eigenvalue weighted by atomic mass is 10.0. The molecule has 0 amide bonds. The smallest absolute Gasteiger partial charge is 0.193 e. The minimum absolute atomic E-state index is 0.0435. The largest absolute Gasteiger partial charge is 0.289 e. The first-order valence-corrected chi connectivity index (χ1v) is 7.28. The van der Waals surface area contributed by atoms with Crippen molar-refractivity contribution in [3.05, 3.63) is 72.3 Å². The van der Waals surface area contributed by atoms with E-state index in [4.69, 9.17) is 0 Å². The van der Waals surface area contributed by atoms with Crippen molar-refractivity contribution in [1.29, 1.82) is 0 Å². The molecule has 0 spiro atoms. The molecule has 116 valence electrons. The Balaban J connectivity index is 1.57. The van der Waals surface area contributed by atoms with E-state index in [-0.39, 0.29) is 5.78 Å². The molecule has 24 heavy (non-hydrogen) atoms. The molecule has 0 aliphatic carbocycles. The number of carbonyl (C=O) groups is 1. The van der Waals surface area contributed by atoms with Crippen molar-refractivity contribution in [3.8, 4) is 22.8 Å². The number of carbonyl (C=O) groups excluding carboxylic acids is 1. The number of aromatic nitrogens is 6. The SMILES string of the molecule is O=C(c1ccc(-c2nc[nH]n2)cc1)c1ccc(-c2nc[nH]n2)cc1. The summed E-state index contributed by atoms with van der Waals surface area (Å²) in [4.78, 5) is 20.7. The maximum absolute atomic E-state index is 12.6. The van der Waals surface area contributed by atoms with Gasteiger partial charge in [0.05, 0.1) is 0 Å². The third-order valence-corrected chi connectivity index (χ3v) is 3.64. The summed E-state index contributed by atoms with van der Waals surface area (Å²) in [5, 5.41) is 13.4. The minimum Gasteiger partial charge on any atom is -0.289 e. The van der Waals surface area contributed by atoms with Gasteiger partial charge in [0.2, 0.25) is 0 Å². The molecule has 0 bridgehead atoms. The van der Waals surface area contributed by atoms with Crippen molar-refractivity contribution in [2.24, 2.45) is 0 Å². The van der Waals surface area contributed by atoms with Crippen LogP contribution in [0.15, 0.2) is 61.2 Å². The van der Waals surface area contributed by atoms with E-state index in [2.05, 4.69) is 30.4 Å². The lowest BCUT2D eigenvalue weighted by Gasteiger charge is -2.03. The summed E-state index contributed by atoms with van der Waals surface area (Å²) in [5.74, 6) is 1.16. The molecule has 0 radical (unpaired) electrons. The highest BCUT2D eigenvalue weighted by molar-refractivity contribution is 6.09. The van der Waals surface area contributed by atoms with Crippen molar-refractivity contribution in [3.63, 3.8) is 0 Å². The third kappa shape index (κ3) is 2.58. The van der Waals surface area contributed by atoms with Crippen molar-refractivity contribution < 1.29 is 4.79 Å². The summed E-state index contributed by atoms with van der Waals surface area (Å²) in [6.45, 7) is 0. The van der Waals surface area contributed by atoms with E-state index in [1.165, 1.54) is 12.7 Å². The van der Waals surface area contributed by atoms with Gasteiger partial charge in [0, 0.05) is 22.3 Å². The quantitative estimate of drug-likeness (QED) is 0.563. The van der Waals surface area contributed by atoms with E-state index in [0.29, 0.717) is 22.8 Å². The van der Waals surface area contributed by atoms with Gasteiger partial charge in [-0.05, 0) is 0 Å². The molecule has 7 heteroatoms. The Bertz CT molecular complexity index is 862. The van der Waals surface area contributed by atoms with Gasteiger partial charge in [-0.15, -0.1) is 0 Å². The zero-order chi connectivity index (χ0) is 16.4. The highest BCUT2D eigenvalue weighted by atomic mass is 16.1. The van der Waals surface area contributed by atoms with Crippen LogP contribution in [0.3, 0.4) is 0 Å². The summed E-state index contributed by atoms with van der Waals surface area (Å²) in [6, 6.07) is 14.4. The fraction of sp³-hybridized carbons (Fsp3) is 0. The Morgan fingerprint density at radius 3 is 1.42 bits per heavy atom. The molecule has 7 nitrogen and oxygen atoms in total. The molecule has 2 N–H and O–H groups in total. The predicted octanol–water partition coefficient (Wildman–Crippen LogP) is 2.49. The Morgan fingerprint density at radius 2 is 1.08 bits per heavy atom. The average Bonchev–Trinajstić information content (AvgIpc) is 3.35. The Hall–Kier alpha value is -3.61. The zero-order valence-electron chi connectivity index (χ0n) is 12.5. The number of rotatable bonds is 4. The minimum atomic E-state index is -0.0435. The van der Waals surface area contributed by atoms with Crippen LogP contribution < -0.4 is 0 Å². The van der Waals surface area contributed by atoms with E-state index in [0.717, 1.165) is 11.1 Å². The number of ketones is 1. The standard InChI is InChI=1S/C17H12N6O/c24-15(11-1-5-13(6-2-11)16-18-9-20-22-16)12-3-7-14(8-4-12)17-19-10-21-23-17/h1-10H,(H,18,20,22)(H,19,21,23). The lowest BCUT2D eigenvalue weighted by molar-refractivity contribution is 0.103. The summed E-state index contributed by atoms with van der Waals surface area (Å²) in [7, 11) is 0. The summed E-state index contributed by atoms with van der Waals surface area (Å²) in [5.41, 5.74) is 2.93. The van der Waals surface area contributed by atoms with Gasteiger partial charge in [-0.2, -0.15) is 10.2 Å². The van der Waals surface area contributed by atoms with Crippen LogP contribution in [0.5, 0.6) is 0 Å². The molecular formula is C17H12N6O. The van der Waals surface area contributed by atoms with Gasteiger partial charge < -0.3 is 0 Å². The molecule has 4 rings (SSSR count). The number of nitrogens with zero attached hydrogens (tertiary/aromatic N) is 4. The monoisotopic (exact) mass is 316 g/mol. The van der Waals surface area contributed by atoms with Crippen LogP contribution in [0, 0.1) is 0 Å². The van der Waals surface area contributed by atoms with Gasteiger partial charge in [0.25, 0.3) is 0 Å². The van der Waals surface area contributed by atoms with Crippen LogP contribution in [0.1, 0.15) is 15.9 Å². The fourth-order valence-electron chi connectivity index (χ4n) is 2.40. The molecular weight excluding hydrogens is 304 g/mol. The normalized spacial score (nSPS) is 10.7. The number of benzene rings is 2. The Morgan fingerprint density at radius 1 is 0.667 bits per heavy atom. The molecule has 2 aromatic heterocycles. The van der Waals surface area contributed by atoms with Gasteiger partial charge in [-0.3, -0.25) is 15.0 Å². The van der Waals surface area contributed by atoms with E-state index >= 15 is 0 Å². The van der Waals surface area contributed by atoms with E-state index in [1.807, 2.05) is 24.3 Å². The highest BCUT2D eigenvalue weighted by Crippen LogP contribution is 2.19. The van der Waals surface area contributed by atoms with Gasteiger partial charge in [0.15, 0.2) is 17.4 Å². The summed E-state index contributed by atoms with van der Waals surface area (Å²) < 4.78 is 0. The number of hydrogen-bond donors (Lipinski definition) is 2. The van der Waals surface area contributed by atoms with Crippen LogP contribution in [-0.2, 0) is 0 Å². The van der Waals surface area contributed by atoms with Crippen LogP contribution >= 0.6 is 0 Å². The van der Waals surface area contributed by atoms with Crippen molar-refractivity contribution in [2.75, 3.05) is 0 Å². The second-order valence-corrected chi connectivity index (χ2v) is 5.13. The van der Waals surface area contributed by atoms with Crippen LogP contribution in [0.25, 0.3) is 22.8 Å². The fourth-order valence-corrected chi connectivity index (χ4v) is 2.40. The second kappa shape index (κ2) is 5.88. The van der Waals surface area contributed by atoms with Crippen molar-refractivity contribution in [2.45, 2.75) is 0 Å². The maximum atomic E-state index is 12.6. The Labute approximate surface area is 136 Å². The van der Waals surface area contributed by atoms with Gasteiger partial charge in [0.1, 0.15) is 12.7 Å². The molecule has 0 aliphatic rings. The van der Waals surface area contributed by atoms with Gasteiger partial charge in [-0.25, -0.2) is 9.97 Å².